The van der Waals surface area contributed by atoms with E-state index in [-0.39, 0.29) is 17.5 Å². The maximum Gasteiger partial charge on any atom is 0.167 e. The summed E-state index contributed by atoms with van der Waals surface area (Å²) in [5, 5.41) is 12.3. The predicted octanol–water partition coefficient (Wildman–Crippen LogP) is 4.65. The third-order valence-corrected chi connectivity index (χ3v) is 5.61. The van der Waals surface area contributed by atoms with Gasteiger partial charge in [-0.1, -0.05) is 42.5 Å². The van der Waals surface area contributed by atoms with Gasteiger partial charge in [0.25, 0.3) is 0 Å². The number of carbonyl (C=O) groups is 1. The van der Waals surface area contributed by atoms with Gasteiger partial charge in [-0.15, -0.1) is 0 Å². The first-order valence-corrected chi connectivity index (χ1v) is 9.76. The van der Waals surface area contributed by atoms with Crippen molar-refractivity contribution in [3.63, 3.8) is 0 Å². The molecule has 1 aliphatic rings. The molecule has 0 saturated carbocycles. The number of ether oxygens (including phenoxy) is 1. The van der Waals surface area contributed by atoms with Crippen LogP contribution in [-0.4, -0.2) is 36.0 Å². The van der Waals surface area contributed by atoms with E-state index >= 15 is 0 Å². The molecular formula is C24H25NO3. The average molecular weight is 375 g/mol. The lowest BCUT2D eigenvalue weighted by Gasteiger charge is -2.32. The molecule has 0 radical (unpaired) electrons. The number of rotatable bonds is 5. The highest BCUT2D eigenvalue weighted by molar-refractivity contribution is 6.09. The van der Waals surface area contributed by atoms with E-state index in [1.807, 2.05) is 48.5 Å². The van der Waals surface area contributed by atoms with Gasteiger partial charge in [-0.25, -0.2) is 0 Å². The number of fused-ring (bicyclic) bond motifs is 1. The van der Waals surface area contributed by atoms with Gasteiger partial charge in [0.15, 0.2) is 5.78 Å². The van der Waals surface area contributed by atoms with Gasteiger partial charge >= 0.3 is 0 Å². The molecule has 0 amide bonds. The Bertz CT molecular complexity index is 993. The van der Waals surface area contributed by atoms with Crippen LogP contribution in [0, 0.1) is 5.92 Å². The Morgan fingerprint density at radius 1 is 1.14 bits per heavy atom. The molecule has 1 heterocycles. The fraction of sp³-hybridized carbons (Fsp3) is 0.292. The molecule has 1 saturated heterocycles. The molecule has 4 heteroatoms. The second-order valence-electron chi connectivity index (χ2n) is 7.46. The van der Waals surface area contributed by atoms with Crippen LogP contribution in [0.3, 0.4) is 0 Å². The summed E-state index contributed by atoms with van der Waals surface area (Å²) in [6.45, 7) is 2.25. The van der Waals surface area contributed by atoms with Crippen LogP contribution in [0.5, 0.6) is 11.5 Å². The van der Waals surface area contributed by atoms with Gasteiger partial charge in [0.2, 0.25) is 0 Å². The van der Waals surface area contributed by atoms with Gasteiger partial charge in [0.1, 0.15) is 11.5 Å². The van der Waals surface area contributed by atoms with Gasteiger partial charge in [0, 0.05) is 30.1 Å². The molecule has 0 aliphatic carbocycles. The molecule has 0 aromatic heterocycles. The molecule has 1 fully saturated rings. The number of aromatic hydroxyl groups is 1. The van der Waals surface area contributed by atoms with Crippen LogP contribution in [0.15, 0.2) is 60.7 Å². The number of carbonyl (C=O) groups excluding carboxylic acids is 1. The van der Waals surface area contributed by atoms with Gasteiger partial charge < -0.3 is 9.84 Å². The largest absolute Gasteiger partial charge is 0.508 e. The van der Waals surface area contributed by atoms with Crippen molar-refractivity contribution >= 4 is 16.6 Å². The van der Waals surface area contributed by atoms with E-state index in [1.165, 1.54) is 0 Å². The fourth-order valence-electron chi connectivity index (χ4n) is 4.13. The second kappa shape index (κ2) is 8.03. The molecule has 3 aromatic carbocycles. The molecule has 144 valence electrons. The lowest BCUT2D eigenvalue weighted by molar-refractivity contribution is 0.0812. The normalized spacial score (nSPS) is 17.5. The fourth-order valence-corrected chi connectivity index (χ4v) is 4.13. The summed E-state index contributed by atoms with van der Waals surface area (Å²) in [4.78, 5) is 15.5. The van der Waals surface area contributed by atoms with Crippen LogP contribution in [0.25, 0.3) is 10.8 Å². The van der Waals surface area contributed by atoms with Gasteiger partial charge in [-0.3, -0.25) is 9.69 Å². The van der Waals surface area contributed by atoms with Crippen molar-refractivity contribution < 1.29 is 14.6 Å². The molecule has 0 bridgehead atoms. The molecule has 1 aliphatic heterocycles. The van der Waals surface area contributed by atoms with Crippen LogP contribution >= 0.6 is 0 Å². The van der Waals surface area contributed by atoms with Gasteiger partial charge in [-0.05, 0) is 48.4 Å². The zero-order chi connectivity index (χ0) is 19.5. The minimum atomic E-state index is -0.0210. The summed E-state index contributed by atoms with van der Waals surface area (Å²) in [7, 11) is 1.62. The smallest absolute Gasteiger partial charge is 0.167 e. The monoisotopic (exact) mass is 375 g/mol. The third kappa shape index (κ3) is 3.73. The number of methoxy groups -OCH3 is 1. The summed E-state index contributed by atoms with van der Waals surface area (Å²) < 4.78 is 5.27. The Kier molecular flexibility index (Phi) is 5.31. The number of benzene rings is 3. The number of phenolic OH excluding ortho intramolecular Hbond substituents is 1. The van der Waals surface area contributed by atoms with E-state index < -0.39 is 0 Å². The predicted molar refractivity (Wildman–Crippen MR) is 111 cm³/mol. The highest BCUT2D eigenvalue weighted by Gasteiger charge is 2.27. The Morgan fingerprint density at radius 3 is 2.82 bits per heavy atom. The number of hydrogen-bond acceptors (Lipinski definition) is 4. The zero-order valence-electron chi connectivity index (χ0n) is 16.1. The van der Waals surface area contributed by atoms with Crippen molar-refractivity contribution in [3.05, 3.63) is 71.8 Å². The van der Waals surface area contributed by atoms with Crippen LogP contribution in [0.1, 0.15) is 28.8 Å². The Labute approximate surface area is 165 Å². The van der Waals surface area contributed by atoms with Crippen LogP contribution in [0.4, 0.5) is 0 Å². The first-order chi connectivity index (χ1) is 13.7. The molecule has 3 aromatic rings. The zero-order valence-corrected chi connectivity index (χ0v) is 16.1. The molecule has 1 unspecified atom stereocenters. The minimum Gasteiger partial charge on any atom is -0.508 e. The molecule has 1 N–H and O–H groups in total. The number of likely N-dealkylation sites (tertiary alicyclic amines) is 1. The van der Waals surface area contributed by atoms with E-state index in [2.05, 4.69) is 4.90 Å². The maximum absolute atomic E-state index is 13.3. The van der Waals surface area contributed by atoms with Crippen LogP contribution < -0.4 is 4.74 Å². The average Bonchev–Trinajstić information content (AvgIpc) is 2.74. The van der Waals surface area contributed by atoms with Crippen molar-refractivity contribution in [2.24, 2.45) is 5.92 Å². The lowest BCUT2D eigenvalue weighted by atomic mass is 9.88. The first kappa shape index (κ1) is 18.5. The van der Waals surface area contributed by atoms with Gasteiger partial charge in [-0.2, -0.15) is 0 Å². The Morgan fingerprint density at radius 2 is 1.96 bits per heavy atom. The second-order valence-corrected chi connectivity index (χ2v) is 7.46. The summed E-state index contributed by atoms with van der Waals surface area (Å²) in [5.41, 5.74) is 1.65. The number of ketones is 1. The number of piperidine rings is 1. The number of hydrogen-bond donors (Lipinski definition) is 1. The summed E-state index contributed by atoms with van der Waals surface area (Å²) >= 11 is 0. The minimum absolute atomic E-state index is 0.0210. The summed E-state index contributed by atoms with van der Waals surface area (Å²) in [5.74, 6) is 1.19. The topological polar surface area (TPSA) is 49.8 Å². The van der Waals surface area contributed by atoms with Crippen molar-refractivity contribution in [1.29, 1.82) is 0 Å². The number of Topliss-reactive ketones (excluding diaryl/α,β-unsaturated/α-hetero) is 1. The van der Waals surface area contributed by atoms with Crippen molar-refractivity contribution in [1.82, 2.24) is 4.90 Å². The van der Waals surface area contributed by atoms with Crippen molar-refractivity contribution in [2.75, 3.05) is 20.2 Å². The standard InChI is InChI=1S/C24H25NO3/c1-28-20-11-12-23(26)19(14-20)16-25-13-5-8-18(15-25)24(27)22-10-4-7-17-6-2-3-9-21(17)22/h2-4,6-7,9-12,14,18,26H,5,8,13,15-16H2,1H3. The molecule has 4 rings (SSSR count). The molecule has 1 atom stereocenters. The molecule has 0 spiro atoms. The van der Waals surface area contributed by atoms with Crippen LogP contribution in [-0.2, 0) is 6.54 Å². The number of phenols is 1. The van der Waals surface area contributed by atoms with E-state index in [0.29, 0.717) is 13.1 Å². The molecular weight excluding hydrogens is 350 g/mol. The number of nitrogens with zero attached hydrogens (tertiary/aromatic N) is 1. The van der Waals surface area contributed by atoms with Crippen molar-refractivity contribution in [2.45, 2.75) is 19.4 Å². The highest BCUT2D eigenvalue weighted by Crippen LogP contribution is 2.29. The Hall–Kier alpha value is -2.85. The van der Waals surface area contributed by atoms with E-state index in [0.717, 1.165) is 47.0 Å². The van der Waals surface area contributed by atoms with Crippen molar-refractivity contribution in [3.8, 4) is 11.5 Å². The lowest BCUT2D eigenvalue weighted by Crippen LogP contribution is -2.38. The maximum atomic E-state index is 13.3. The quantitative estimate of drug-likeness (QED) is 0.660. The molecule has 4 nitrogen and oxygen atoms in total. The van der Waals surface area contributed by atoms with E-state index in [1.54, 1.807) is 19.2 Å². The molecule has 28 heavy (non-hydrogen) atoms. The third-order valence-electron chi connectivity index (χ3n) is 5.61. The van der Waals surface area contributed by atoms with E-state index in [4.69, 9.17) is 4.74 Å². The SMILES string of the molecule is COc1ccc(O)c(CN2CCCC(C(=O)c3cccc4ccccc34)C2)c1. The highest BCUT2D eigenvalue weighted by atomic mass is 16.5. The van der Waals surface area contributed by atoms with Gasteiger partial charge in [0.05, 0.1) is 7.11 Å². The summed E-state index contributed by atoms with van der Waals surface area (Å²) in [6.07, 6.45) is 1.88. The first-order valence-electron chi connectivity index (χ1n) is 9.76. The summed E-state index contributed by atoms with van der Waals surface area (Å²) in [6, 6.07) is 19.3. The van der Waals surface area contributed by atoms with Crippen LogP contribution in [0.2, 0.25) is 0 Å². The Balaban J connectivity index is 1.53. The van der Waals surface area contributed by atoms with E-state index in [9.17, 15) is 9.90 Å².